The van der Waals surface area contributed by atoms with E-state index >= 15 is 0 Å². The zero-order chi connectivity index (χ0) is 15.2. The predicted octanol–water partition coefficient (Wildman–Crippen LogP) is 6.00. The van der Waals surface area contributed by atoms with E-state index in [2.05, 4.69) is 71.1 Å². The van der Waals surface area contributed by atoms with E-state index < -0.39 is 0 Å². The molecule has 0 aliphatic heterocycles. The van der Waals surface area contributed by atoms with Crippen LogP contribution in [0.2, 0.25) is 0 Å². The van der Waals surface area contributed by atoms with E-state index in [1.54, 1.807) is 16.7 Å². The van der Waals surface area contributed by atoms with Crippen molar-refractivity contribution in [2.75, 3.05) is 0 Å². The predicted molar refractivity (Wildman–Crippen MR) is 92.0 cm³/mol. The van der Waals surface area contributed by atoms with Crippen molar-refractivity contribution in [2.24, 2.45) is 23.2 Å². The molecule has 0 aromatic rings. The van der Waals surface area contributed by atoms with Gasteiger partial charge < -0.3 is 0 Å². The fourth-order valence-electron chi connectivity index (χ4n) is 4.70. The summed E-state index contributed by atoms with van der Waals surface area (Å²) in [5, 5.41) is 0. The minimum atomic E-state index is 0.283. The van der Waals surface area contributed by atoms with Crippen LogP contribution < -0.4 is 0 Å². The van der Waals surface area contributed by atoms with Gasteiger partial charge in [-0.05, 0) is 36.8 Å². The molecule has 3 unspecified atom stereocenters. The molecule has 0 saturated heterocycles. The maximum Gasteiger partial charge on any atom is 0.0197 e. The van der Waals surface area contributed by atoms with Crippen LogP contribution in [0.25, 0.3) is 0 Å². The standard InChI is InChI=1S/C21H28/c1-6-8-9-17-11-10-15(5)21(14(3)4)13-18-12-16(7-2)19(17)20(18)21/h8-14,19-20H,6-7H2,1-5H3/b9-8-. The monoisotopic (exact) mass is 280 g/mol. The quantitative estimate of drug-likeness (QED) is 0.592. The van der Waals surface area contributed by atoms with Crippen LogP contribution in [0.3, 0.4) is 0 Å². The van der Waals surface area contributed by atoms with Crippen LogP contribution in [0.15, 0.2) is 58.7 Å². The van der Waals surface area contributed by atoms with E-state index in [9.17, 15) is 0 Å². The molecular weight excluding hydrogens is 252 g/mol. The summed E-state index contributed by atoms with van der Waals surface area (Å²) in [5.74, 6) is 1.95. The van der Waals surface area contributed by atoms with Crippen molar-refractivity contribution < 1.29 is 0 Å². The second-order valence-electron chi connectivity index (χ2n) is 7.09. The Balaban J connectivity index is 2.11. The highest BCUT2D eigenvalue weighted by Gasteiger charge is 2.56. The number of hydrogen-bond acceptors (Lipinski definition) is 0. The highest BCUT2D eigenvalue weighted by Crippen LogP contribution is 2.65. The van der Waals surface area contributed by atoms with Crippen LogP contribution in [0.5, 0.6) is 0 Å². The van der Waals surface area contributed by atoms with E-state index in [1.165, 1.54) is 12.0 Å². The molecule has 3 aliphatic carbocycles. The Kier molecular flexibility index (Phi) is 3.59. The Morgan fingerprint density at radius 1 is 1.24 bits per heavy atom. The molecule has 0 amide bonds. The lowest BCUT2D eigenvalue weighted by molar-refractivity contribution is 0.171. The second-order valence-corrected chi connectivity index (χ2v) is 7.09. The molecule has 0 N–H and O–H groups in total. The molecule has 112 valence electrons. The van der Waals surface area contributed by atoms with Crippen molar-refractivity contribution in [2.45, 2.75) is 47.5 Å². The number of allylic oxidation sites excluding steroid dienone is 10. The fraction of sp³-hybridized carbons (Fsp3) is 0.524. The molecule has 3 rings (SSSR count). The van der Waals surface area contributed by atoms with E-state index in [-0.39, 0.29) is 5.41 Å². The lowest BCUT2D eigenvalue weighted by atomic mass is 9.51. The first-order chi connectivity index (χ1) is 10.1. The smallest absolute Gasteiger partial charge is 0.0197 e. The summed E-state index contributed by atoms with van der Waals surface area (Å²) >= 11 is 0. The Morgan fingerprint density at radius 3 is 2.62 bits per heavy atom. The van der Waals surface area contributed by atoms with E-state index in [1.807, 2.05) is 0 Å². The molecule has 0 heteroatoms. The van der Waals surface area contributed by atoms with Gasteiger partial charge in [-0.15, -0.1) is 0 Å². The molecule has 21 heavy (non-hydrogen) atoms. The van der Waals surface area contributed by atoms with E-state index in [0.717, 1.165) is 6.42 Å². The van der Waals surface area contributed by atoms with Crippen LogP contribution in [0.4, 0.5) is 0 Å². The van der Waals surface area contributed by atoms with Crippen molar-refractivity contribution in [3.8, 4) is 0 Å². The van der Waals surface area contributed by atoms with Gasteiger partial charge in [-0.2, -0.15) is 0 Å². The van der Waals surface area contributed by atoms with Gasteiger partial charge in [-0.25, -0.2) is 0 Å². The van der Waals surface area contributed by atoms with Crippen molar-refractivity contribution in [1.82, 2.24) is 0 Å². The normalized spacial score (nSPS) is 34.0. The van der Waals surface area contributed by atoms with E-state index in [4.69, 9.17) is 0 Å². The molecule has 0 aromatic heterocycles. The lowest BCUT2D eigenvalue weighted by Crippen LogP contribution is -2.45. The minimum Gasteiger partial charge on any atom is -0.0845 e. The van der Waals surface area contributed by atoms with Gasteiger partial charge in [-0.3, -0.25) is 0 Å². The molecule has 0 fully saturated rings. The van der Waals surface area contributed by atoms with Crippen molar-refractivity contribution in [1.29, 1.82) is 0 Å². The Hall–Kier alpha value is -1.30. The first kappa shape index (κ1) is 14.6. The zero-order valence-electron chi connectivity index (χ0n) is 14.1. The zero-order valence-corrected chi connectivity index (χ0v) is 14.1. The summed E-state index contributed by atoms with van der Waals surface area (Å²) in [6.07, 6.45) is 16.8. The summed E-state index contributed by atoms with van der Waals surface area (Å²) in [6, 6.07) is 0. The largest absolute Gasteiger partial charge is 0.0845 e. The van der Waals surface area contributed by atoms with Crippen molar-refractivity contribution >= 4 is 0 Å². The average molecular weight is 280 g/mol. The third-order valence-corrected chi connectivity index (χ3v) is 5.84. The molecule has 0 radical (unpaired) electrons. The molecule has 3 aliphatic rings. The van der Waals surface area contributed by atoms with Crippen molar-refractivity contribution in [3.05, 3.63) is 58.7 Å². The van der Waals surface area contributed by atoms with Crippen LogP contribution in [0.1, 0.15) is 47.5 Å². The van der Waals surface area contributed by atoms with Gasteiger partial charge in [0.25, 0.3) is 0 Å². The first-order valence-electron chi connectivity index (χ1n) is 8.54. The fourth-order valence-corrected chi connectivity index (χ4v) is 4.70. The van der Waals surface area contributed by atoms with Gasteiger partial charge >= 0.3 is 0 Å². The van der Waals surface area contributed by atoms with Gasteiger partial charge in [0.1, 0.15) is 0 Å². The third-order valence-electron chi connectivity index (χ3n) is 5.84. The van der Waals surface area contributed by atoms with Crippen LogP contribution in [0, 0.1) is 23.2 Å². The maximum absolute atomic E-state index is 2.56. The average Bonchev–Trinajstić information content (AvgIpc) is 2.68. The van der Waals surface area contributed by atoms with Gasteiger partial charge in [-0.1, -0.05) is 75.3 Å². The minimum absolute atomic E-state index is 0.283. The summed E-state index contributed by atoms with van der Waals surface area (Å²) < 4.78 is 0. The third kappa shape index (κ3) is 1.88. The molecule has 0 nitrogen and oxygen atoms in total. The molecule has 3 atom stereocenters. The van der Waals surface area contributed by atoms with Gasteiger partial charge in [0.2, 0.25) is 0 Å². The van der Waals surface area contributed by atoms with Crippen LogP contribution in [-0.4, -0.2) is 0 Å². The summed E-state index contributed by atoms with van der Waals surface area (Å²) in [7, 11) is 0. The highest BCUT2D eigenvalue weighted by molar-refractivity contribution is 5.58. The summed E-state index contributed by atoms with van der Waals surface area (Å²) in [6.45, 7) is 11.6. The first-order valence-corrected chi connectivity index (χ1v) is 8.54. The molecule has 0 spiro atoms. The Bertz CT molecular complexity index is 592. The Morgan fingerprint density at radius 2 is 2.00 bits per heavy atom. The molecule has 0 bridgehead atoms. The van der Waals surface area contributed by atoms with Crippen molar-refractivity contribution in [3.63, 3.8) is 0 Å². The molecular formula is C21H28. The summed E-state index contributed by atoms with van der Waals surface area (Å²) in [4.78, 5) is 0. The number of hydrogen-bond donors (Lipinski definition) is 0. The second kappa shape index (κ2) is 5.16. The van der Waals surface area contributed by atoms with Gasteiger partial charge in [0.15, 0.2) is 0 Å². The Labute approximate surface area is 130 Å². The van der Waals surface area contributed by atoms with Gasteiger partial charge in [0.05, 0.1) is 0 Å². The van der Waals surface area contributed by atoms with Crippen LogP contribution in [-0.2, 0) is 0 Å². The van der Waals surface area contributed by atoms with Gasteiger partial charge in [0, 0.05) is 17.3 Å². The lowest BCUT2D eigenvalue weighted by Gasteiger charge is -2.51. The van der Waals surface area contributed by atoms with E-state index in [0.29, 0.717) is 17.8 Å². The SMILES string of the molecule is CC/C=C\C1=CC=C(C)C2(C(C)C)C=C3C=C(CC)C1C32. The van der Waals surface area contributed by atoms with Crippen LogP contribution >= 0.6 is 0 Å². The molecule has 0 heterocycles. The highest BCUT2D eigenvalue weighted by atomic mass is 14.6. The molecule has 0 saturated carbocycles. The molecule has 0 aromatic carbocycles. The topological polar surface area (TPSA) is 0 Å². The summed E-state index contributed by atoms with van der Waals surface area (Å²) in [5.41, 5.74) is 6.56. The number of rotatable bonds is 4. The maximum atomic E-state index is 2.56.